The molecule has 0 aromatic heterocycles. The number of hydrogen-bond acceptors (Lipinski definition) is 5. The number of benzene rings is 3. The number of rotatable bonds is 7. The number of hydrogen-bond donors (Lipinski definition) is 2. The van der Waals surface area contributed by atoms with Gasteiger partial charge >= 0.3 is 0 Å². The van der Waals surface area contributed by atoms with Gasteiger partial charge in [-0.1, -0.05) is 29.8 Å². The van der Waals surface area contributed by atoms with Crippen molar-refractivity contribution in [3.63, 3.8) is 0 Å². The van der Waals surface area contributed by atoms with Gasteiger partial charge < -0.3 is 20.3 Å². The highest BCUT2D eigenvalue weighted by atomic mass is 35.5. The smallest absolute Gasteiger partial charge is 0.243 e. The zero-order valence-electron chi connectivity index (χ0n) is 20.1. The van der Waals surface area contributed by atoms with Crippen molar-refractivity contribution in [1.29, 1.82) is 0 Å². The Kier molecular flexibility index (Phi) is 8.48. The van der Waals surface area contributed by atoms with Gasteiger partial charge in [0.15, 0.2) is 5.11 Å². The van der Waals surface area contributed by atoms with E-state index in [0.29, 0.717) is 42.1 Å². The number of nitrogens with zero attached hydrogens (tertiary/aromatic N) is 2. The Bertz CT molecular complexity index is 1300. The van der Waals surface area contributed by atoms with Crippen molar-refractivity contribution in [3.8, 4) is 0 Å². The van der Waals surface area contributed by atoms with Gasteiger partial charge in [-0.05, 0) is 80.7 Å². The Morgan fingerprint density at radius 3 is 2.25 bits per heavy atom. The SMILES string of the molecule is CC(C)N(c1ccccc1)c1ccc(NC(=S)Nc2cc(S(=O)(=O)N3CCOCC3)ccc2Cl)cc1. The van der Waals surface area contributed by atoms with Crippen molar-refractivity contribution in [3.05, 3.63) is 77.8 Å². The maximum absolute atomic E-state index is 13.0. The summed E-state index contributed by atoms with van der Waals surface area (Å²) in [6, 6.07) is 23.0. The van der Waals surface area contributed by atoms with Crippen LogP contribution >= 0.6 is 23.8 Å². The van der Waals surface area contributed by atoms with Crippen LogP contribution in [0.2, 0.25) is 5.02 Å². The van der Waals surface area contributed by atoms with Gasteiger partial charge in [0.05, 0.1) is 28.8 Å². The minimum atomic E-state index is -3.65. The number of ether oxygens (including phenoxy) is 1. The van der Waals surface area contributed by atoms with Gasteiger partial charge in [-0.25, -0.2) is 8.42 Å². The zero-order chi connectivity index (χ0) is 25.7. The molecular weight excluding hydrogens is 516 g/mol. The van der Waals surface area contributed by atoms with Crippen LogP contribution in [-0.2, 0) is 14.8 Å². The summed E-state index contributed by atoms with van der Waals surface area (Å²) in [5.41, 5.74) is 3.38. The van der Waals surface area contributed by atoms with Gasteiger partial charge in [-0.2, -0.15) is 4.31 Å². The summed E-state index contributed by atoms with van der Waals surface area (Å²) < 4.78 is 32.7. The first kappa shape index (κ1) is 26.4. The molecule has 0 unspecified atom stereocenters. The molecule has 190 valence electrons. The Labute approximate surface area is 223 Å². The van der Waals surface area contributed by atoms with E-state index in [1.807, 2.05) is 42.5 Å². The lowest BCUT2D eigenvalue weighted by Gasteiger charge is -2.29. The molecule has 1 fully saturated rings. The predicted molar refractivity (Wildman–Crippen MR) is 151 cm³/mol. The minimum absolute atomic E-state index is 0.151. The van der Waals surface area contributed by atoms with E-state index in [9.17, 15) is 8.42 Å². The molecule has 1 aliphatic heterocycles. The first-order chi connectivity index (χ1) is 17.3. The van der Waals surface area contributed by atoms with Crippen molar-refractivity contribution in [1.82, 2.24) is 4.31 Å². The molecule has 3 aromatic carbocycles. The molecule has 3 aromatic rings. The van der Waals surface area contributed by atoms with Gasteiger partial charge in [-0.3, -0.25) is 0 Å². The second-order valence-electron chi connectivity index (χ2n) is 8.58. The third-order valence-corrected chi connectivity index (χ3v) is 8.18. The highest BCUT2D eigenvalue weighted by Crippen LogP contribution is 2.30. The molecule has 4 rings (SSSR count). The lowest BCUT2D eigenvalue weighted by Crippen LogP contribution is -2.40. The van der Waals surface area contributed by atoms with Crippen LogP contribution in [0.1, 0.15) is 13.8 Å². The van der Waals surface area contributed by atoms with Crippen molar-refractivity contribution in [2.75, 3.05) is 41.8 Å². The second-order valence-corrected chi connectivity index (χ2v) is 11.3. The van der Waals surface area contributed by atoms with Crippen LogP contribution in [0.25, 0.3) is 0 Å². The summed E-state index contributed by atoms with van der Waals surface area (Å²) in [7, 11) is -3.65. The molecule has 7 nitrogen and oxygen atoms in total. The van der Waals surface area contributed by atoms with E-state index in [1.54, 1.807) is 6.07 Å². The van der Waals surface area contributed by atoms with Crippen LogP contribution in [0.15, 0.2) is 77.7 Å². The third-order valence-electron chi connectivity index (χ3n) is 5.75. The van der Waals surface area contributed by atoms with E-state index in [0.717, 1.165) is 17.1 Å². The van der Waals surface area contributed by atoms with Crippen LogP contribution in [0.4, 0.5) is 22.7 Å². The fraction of sp³-hybridized carbons (Fsp3) is 0.269. The van der Waals surface area contributed by atoms with Gasteiger partial charge in [0.1, 0.15) is 0 Å². The average Bonchev–Trinajstić information content (AvgIpc) is 2.87. The first-order valence-electron chi connectivity index (χ1n) is 11.7. The van der Waals surface area contributed by atoms with E-state index < -0.39 is 10.0 Å². The Morgan fingerprint density at radius 1 is 0.972 bits per heavy atom. The summed E-state index contributed by atoms with van der Waals surface area (Å²) in [6.07, 6.45) is 0. The largest absolute Gasteiger partial charge is 0.379 e. The summed E-state index contributed by atoms with van der Waals surface area (Å²) in [4.78, 5) is 2.40. The van der Waals surface area contributed by atoms with Gasteiger partial charge in [-0.15, -0.1) is 0 Å². The molecule has 10 heteroatoms. The Balaban J connectivity index is 1.46. The molecule has 0 spiro atoms. The molecule has 2 N–H and O–H groups in total. The minimum Gasteiger partial charge on any atom is -0.379 e. The van der Waals surface area contributed by atoms with Crippen molar-refractivity contribution in [2.45, 2.75) is 24.8 Å². The average molecular weight is 545 g/mol. The fourth-order valence-electron chi connectivity index (χ4n) is 4.02. The molecular formula is C26H29ClN4O3S2. The zero-order valence-corrected chi connectivity index (χ0v) is 22.5. The van der Waals surface area contributed by atoms with Crippen LogP contribution in [0.3, 0.4) is 0 Å². The number of sulfonamides is 1. The van der Waals surface area contributed by atoms with Crippen LogP contribution < -0.4 is 15.5 Å². The molecule has 0 atom stereocenters. The number of nitrogens with one attached hydrogen (secondary N) is 2. The summed E-state index contributed by atoms with van der Waals surface area (Å²) in [5, 5.41) is 6.83. The van der Waals surface area contributed by atoms with Crippen LogP contribution in [0, 0.1) is 0 Å². The van der Waals surface area contributed by atoms with Crippen LogP contribution in [0.5, 0.6) is 0 Å². The van der Waals surface area contributed by atoms with Crippen molar-refractivity contribution < 1.29 is 13.2 Å². The number of thiocarbonyl (C=S) groups is 1. The van der Waals surface area contributed by atoms with E-state index in [-0.39, 0.29) is 10.9 Å². The van der Waals surface area contributed by atoms with Gasteiger partial charge in [0.2, 0.25) is 10.0 Å². The molecule has 1 saturated heterocycles. The van der Waals surface area contributed by atoms with E-state index in [1.165, 1.54) is 16.4 Å². The third kappa shape index (κ3) is 6.16. The first-order valence-corrected chi connectivity index (χ1v) is 13.9. The molecule has 0 saturated carbocycles. The lowest BCUT2D eigenvalue weighted by atomic mass is 10.2. The molecule has 36 heavy (non-hydrogen) atoms. The second kappa shape index (κ2) is 11.6. The number of halogens is 1. The molecule has 0 aliphatic carbocycles. The summed E-state index contributed by atoms with van der Waals surface area (Å²) in [6.45, 7) is 5.70. The molecule has 0 bridgehead atoms. The predicted octanol–water partition coefficient (Wildman–Crippen LogP) is 5.72. The quantitative estimate of drug-likeness (QED) is 0.369. The number of morpholine rings is 1. The summed E-state index contributed by atoms with van der Waals surface area (Å²) in [5.74, 6) is 0. The topological polar surface area (TPSA) is 73.9 Å². The normalized spacial score (nSPS) is 14.4. The molecule has 0 radical (unpaired) electrons. The number of anilines is 4. The molecule has 1 aliphatic rings. The van der Waals surface area contributed by atoms with Crippen molar-refractivity contribution in [2.24, 2.45) is 0 Å². The number of para-hydroxylation sites is 1. The maximum Gasteiger partial charge on any atom is 0.243 e. The van der Waals surface area contributed by atoms with E-state index in [4.69, 9.17) is 28.6 Å². The van der Waals surface area contributed by atoms with Gasteiger partial charge in [0.25, 0.3) is 0 Å². The van der Waals surface area contributed by atoms with Crippen molar-refractivity contribution >= 4 is 61.7 Å². The molecule has 1 heterocycles. The lowest BCUT2D eigenvalue weighted by molar-refractivity contribution is 0.0730. The Hall–Kier alpha value is -2.69. The van der Waals surface area contributed by atoms with Crippen LogP contribution in [-0.4, -0.2) is 50.2 Å². The molecule has 0 amide bonds. The van der Waals surface area contributed by atoms with E-state index >= 15 is 0 Å². The fourth-order valence-corrected chi connectivity index (χ4v) is 5.85. The highest BCUT2D eigenvalue weighted by molar-refractivity contribution is 7.89. The maximum atomic E-state index is 13.0. The van der Waals surface area contributed by atoms with E-state index in [2.05, 4.69) is 41.5 Å². The monoisotopic (exact) mass is 544 g/mol. The standard InChI is InChI=1S/C26H29ClN4O3S2/c1-19(2)31(21-6-4-3-5-7-21)22-10-8-20(9-11-22)28-26(35)29-25-18-23(12-13-24(25)27)36(32,33)30-14-16-34-17-15-30/h3-13,18-19H,14-17H2,1-2H3,(H2,28,29,35). The Morgan fingerprint density at radius 2 is 1.61 bits per heavy atom. The van der Waals surface area contributed by atoms with Gasteiger partial charge in [0, 0.05) is 36.2 Å². The summed E-state index contributed by atoms with van der Waals surface area (Å²) >= 11 is 11.8. The highest BCUT2D eigenvalue weighted by Gasteiger charge is 2.27.